The number of hydrogen-bond donors (Lipinski definition) is 1. The van der Waals surface area contributed by atoms with E-state index in [2.05, 4.69) is 0 Å². The molecular formula is C43H42ClF3O7. The zero-order valence-electron chi connectivity index (χ0n) is 29.7. The SMILES string of the molecule is CO[C@@]1(c2ccc(Cl)c(Cc3ccc(OCC(F)(F)F)cc3)c2)O[C@H](CO)[C@@H](OCc2ccccc2)C(OCc2ccccc2)[C@H]1OCc1ccccc1. The molecule has 0 aromatic heterocycles. The summed E-state index contributed by atoms with van der Waals surface area (Å²) in [5.41, 5.74) is 4.82. The van der Waals surface area contributed by atoms with E-state index in [4.69, 9.17) is 40.0 Å². The van der Waals surface area contributed by atoms with Gasteiger partial charge in [-0.3, -0.25) is 0 Å². The monoisotopic (exact) mass is 762 g/mol. The molecule has 0 aliphatic carbocycles. The molecule has 1 N–H and O–H groups in total. The normalized spacial score (nSPS) is 21.5. The second-order valence-electron chi connectivity index (χ2n) is 13.0. The molecule has 0 saturated carbocycles. The molecule has 6 rings (SSSR count). The third-order valence-electron chi connectivity index (χ3n) is 9.18. The Hall–Kier alpha value is -4.26. The highest BCUT2D eigenvalue weighted by Crippen LogP contribution is 2.44. The van der Waals surface area contributed by atoms with Crippen molar-refractivity contribution in [3.05, 3.63) is 172 Å². The number of alkyl halides is 3. The van der Waals surface area contributed by atoms with Gasteiger partial charge in [-0.15, -0.1) is 0 Å². The van der Waals surface area contributed by atoms with Crippen LogP contribution in [-0.2, 0) is 55.7 Å². The van der Waals surface area contributed by atoms with Crippen LogP contribution in [0.25, 0.3) is 0 Å². The lowest BCUT2D eigenvalue weighted by molar-refractivity contribution is -0.384. The molecule has 0 spiro atoms. The molecule has 1 aliphatic rings. The van der Waals surface area contributed by atoms with E-state index in [1.165, 1.54) is 19.2 Å². The van der Waals surface area contributed by atoms with E-state index >= 15 is 0 Å². The first kappa shape index (κ1) is 39.4. The van der Waals surface area contributed by atoms with Gasteiger partial charge in [-0.2, -0.15) is 13.2 Å². The fourth-order valence-corrected chi connectivity index (χ4v) is 6.70. The Balaban J connectivity index is 1.37. The van der Waals surface area contributed by atoms with Gasteiger partial charge < -0.3 is 33.5 Å². The van der Waals surface area contributed by atoms with E-state index in [0.717, 1.165) is 22.3 Å². The van der Waals surface area contributed by atoms with Crippen molar-refractivity contribution >= 4 is 11.6 Å². The third kappa shape index (κ3) is 10.1. The third-order valence-corrected chi connectivity index (χ3v) is 9.55. The first-order valence-electron chi connectivity index (χ1n) is 17.5. The zero-order chi connectivity index (χ0) is 38.0. The number of ether oxygens (including phenoxy) is 6. The summed E-state index contributed by atoms with van der Waals surface area (Å²) in [6, 6.07) is 40.9. The predicted molar refractivity (Wildman–Crippen MR) is 198 cm³/mol. The summed E-state index contributed by atoms with van der Waals surface area (Å²) in [5, 5.41) is 11.3. The van der Waals surface area contributed by atoms with Gasteiger partial charge in [0.05, 0.1) is 26.4 Å². The Kier molecular flexibility index (Phi) is 13.4. The molecule has 1 unspecified atom stereocenters. The fourth-order valence-electron chi connectivity index (χ4n) is 6.51. The van der Waals surface area contributed by atoms with E-state index in [9.17, 15) is 18.3 Å². The summed E-state index contributed by atoms with van der Waals surface area (Å²) in [6.07, 6.45) is -7.55. The number of aliphatic hydroxyl groups excluding tert-OH is 1. The molecule has 0 amide bonds. The molecule has 5 atom stereocenters. The van der Waals surface area contributed by atoms with Crippen LogP contribution in [0.3, 0.4) is 0 Å². The average Bonchev–Trinajstić information content (AvgIpc) is 3.19. The van der Waals surface area contributed by atoms with Gasteiger partial charge in [-0.25, -0.2) is 0 Å². The minimum absolute atomic E-state index is 0.101. The van der Waals surface area contributed by atoms with E-state index in [1.54, 1.807) is 24.3 Å². The van der Waals surface area contributed by atoms with Crippen molar-refractivity contribution < 1.29 is 46.7 Å². The maximum Gasteiger partial charge on any atom is 0.422 e. The summed E-state index contributed by atoms with van der Waals surface area (Å²) in [6.45, 7) is -1.16. The van der Waals surface area contributed by atoms with Gasteiger partial charge in [0.1, 0.15) is 30.2 Å². The van der Waals surface area contributed by atoms with Crippen molar-refractivity contribution in [1.29, 1.82) is 0 Å². The van der Waals surface area contributed by atoms with Gasteiger partial charge in [-0.1, -0.05) is 121 Å². The van der Waals surface area contributed by atoms with Crippen LogP contribution in [0.2, 0.25) is 5.02 Å². The number of halogens is 4. The second kappa shape index (κ2) is 18.4. The molecule has 11 heteroatoms. The highest BCUT2D eigenvalue weighted by Gasteiger charge is 2.58. The molecule has 284 valence electrons. The Morgan fingerprint density at radius 1 is 0.685 bits per heavy atom. The van der Waals surface area contributed by atoms with Crippen LogP contribution in [0, 0.1) is 0 Å². The van der Waals surface area contributed by atoms with Crippen LogP contribution < -0.4 is 4.74 Å². The lowest BCUT2D eigenvalue weighted by atomic mass is 9.86. The van der Waals surface area contributed by atoms with Gasteiger partial charge in [0.15, 0.2) is 6.61 Å². The first-order valence-corrected chi connectivity index (χ1v) is 17.9. The van der Waals surface area contributed by atoms with Crippen LogP contribution in [0.15, 0.2) is 133 Å². The number of aliphatic hydroxyl groups is 1. The fraction of sp³-hybridized carbons (Fsp3) is 0.302. The molecule has 1 saturated heterocycles. The summed E-state index contributed by atoms with van der Waals surface area (Å²) >= 11 is 6.76. The Morgan fingerprint density at radius 3 is 1.74 bits per heavy atom. The molecule has 0 radical (unpaired) electrons. The van der Waals surface area contributed by atoms with Gasteiger partial charge in [0.2, 0.25) is 5.79 Å². The van der Waals surface area contributed by atoms with Gasteiger partial charge in [0, 0.05) is 17.7 Å². The molecule has 1 fully saturated rings. The van der Waals surface area contributed by atoms with Gasteiger partial charge in [-0.05, 0) is 58.5 Å². The molecule has 0 bridgehead atoms. The van der Waals surface area contributed by atoms with Crippen molar-refractivity contribution in [2.24, 2.45) is 0 Å². The van der Waals surface area contributed by atoms with Crippen LogP contribution in [0.1, 0.15) is 33.4 Å². The smallest absolute Gasteiger partial charge is 0.422 e. The molecule has 7 nitrogen and oxygen atoms in total. The van der Waals surface area contributed by atoms with E-state index in [1.807, 2.05) is 97.1 Å². The summed E-state index contributed by atoms with van der Waals surface area (Å²) < 4.78 is 76.2. The summed E-state index contributed by atoms with van der Waals surface area (Å²) in [4.78, 5) is 0. The topological polar surface area (TPSA) is 75.6 Å². The molecule has 1 aliphatic heterocycles. The lowest BCUT2D eigenvalue weighted by Crippen LogP contribution is -2.66. The molecule has 1 heterocycles. The Bertz CT molecular complexity index is 1880. The first-order chi connectivity index (χ1) is 26.2. The minimum Gasteiger partial charge on any atom is -0.484 e. The molecular weight excluding hydrogens is 721 g/mol. The van der Waals surface area contributed by atoms with Crippen molar-refractivity contribution in [2.75, 3.05) is 20.3 Å². The number of hydrogen-bond acceptors (Lipinski definition) is 7. The summed E-state index contributed by atoms with van der Waals surface area (Å²) in [7, 11) is 1.51. The van der Waals surface area contributed by atoms with Crippen molar-refractivity contribution in [3.63, 3.8) is 0 Å². The number of benzene rings is 5. The maximum atomic E-state index is 12.7. The van der Waals surface area contributed by atoms with Crippen LogP contribution >= 0.6 is 11.6 Å². The van der Waals surface area contributed by atoms with Crippen LogP contribution in [0.4, 0.5) is 13.2 Å². The van der Waals surface area contributed by atoms with Crippen LogP contribution in [0.5, 0.6) is 5.75 Å². The van der Waals surface area contributed by atoms with Crippen molar-refractivity contribution in [2.45, 2.75) is 62.6 Å². The zero-order valence-corrected chi connectivity index (χ0v) is 30.4. The van der Waals surface area contributed by atoms with E-state index < -0.39 is 49.6 Å². The Morgan fingerprint density at radius 2 is 1.22 bits per heavy atom. The largest absolute Gasteiger partial charge is 0.484 e. The molecule has 54 heavy (non-hydrogen) atoms. The van der Waals surface area contributed by atoms with Crippen LogP contribution in [-0.4, -0.2) is 56.0 Å². The quantitative estimate of drug-likeness (QED) is 0.108. The Labute approximate surface area is 318 Å². The van der Waals surface area contributed by atoms with Crippen molar-refractivity contribution in [1.82, 2.24) is 0 Å². The minimum atomic E-state index is -4.44. The van der Waals surface area contributed by atoms with E-state index in [0.29, 0.717) is 22.6 Å². The molecule has 5 aromatic rings. The summed E-state index contributed by atoms with van der Waals surface area (Å²) in [5.74, 6) is -1.52. The highest BCUT2D eigenvalue weighted by atomic mass is 35.5. The molecule has 5 aromatic carbocycles. The number of methoxy groups -OCH3 is 1. The maximum absolute atomic E-state index is 12.7. The average molecular weight is 763 g/mol. The van der Waals surface area contributed by atoms with E-state index in [-0.39, 0.29) is 25.6 Å². The predicted octanol–water partition coefficient (Wildman–Crippen LogP) is 8.82. The number of rotatable bonds is 16. The highest BCUT2D eigenvalue weighted by molar-refractivity contribution is 6.31. The lowest BCUT2D eigenvalue weighted by Gasteiger charge is -2.52. The van der Waals surface area contributed by atoms with Gasteiger partial charge in [0.25, 0.3) is 0 Å². The second-order valence-corrected chi connectivity index (χ2v) is 13.4. The van der Waals surface area contributed by atoms with Crippen molar-refractivity contribution in [3.8, 4) is 5.75 Å². The van der Waals surface area contributed by atoms with Gasteiger partial charge >= 0.3 is 6.18 Å². The standard InChI is InChI=1S/C43H42ClF3O7/c1-49-43(35-19-22-37(44)34(24-35)23-30-17-20-36(21-18-30)53-29-42(45,46)47)41(52-28-33-15-9-4-10-16-33)40(51-27-32-13-7-3-8-14-32)39(38(25-48)54-43)50-26-31-11-5-2-6-12-31/h2-22,24,38-41,48H,23,25-29H2,1H3/t38-,39-,40?,41-,43+/m1/s1.